The van der Waals surface area contributed by atoms with Crippen molar-refractivity contribution in [1.82, 2.24) is 0 Å². The fraction of sp³-hybridized carbons (Fsp3) is 0.136. The normalized spacial score (nSPS) is 11.7. The summed E-state index contributed by atoms with van der Waals surface area (Å²) < 4.78 is 15.4. The zero-order valence-corrected chi connectivity index (χ0v) is 18.6. The summed E-state index contributed by atoms with van der Waals surface area (Å²) in [5.74, 6) is -0.583. The van der Waals surface area contributed by atoms with E-state index in [-0.39, 0.29) is 22.2 Å². The Morgan fingerprint density at radius 1 is 1.03 bits per heavy atom. The Balaban J connectivity index is 1.63. The molecule has 0 spiro atoms. The summed E-state index contributed by atoms with van der Waals surface area (Å²) in [7, 11) is 1.23. The third-order valence-electron chi connectivity index (χ3n) is 4.69. The summed E-state index contributed by atoms with van der Waals surface area (Å²) in [6, 6.07) is 11.4. The van der Waals surface area contributed by atoms with Gasteiger partial charge in [-0.25, -0.2) is 4.79 Å². The summed E-state index contributed by atoms with van der Waals surface area (Å²) in [6.07, 6.45) is 0. The molecule has 1 aliphatic rings. The number of benzene rings is 2. The van der Waals surface area contributed by atoms with Gasteiger partial charge in [0.2, 0.25) is 6.79 Å². The topological polar surface area (TPSA) is 103 Å². The number of ether oxygens (including phenoxy) is 3. The number of thiophene rings is 1. The van der Waals surface area contributed by atoms with Crippen molar-refractivity contribution in [2.75, 3.05) is 24.5 Å². The van der Waals surface area contributed by atoms with Gasteiger partial charge in [-0.05, 0) is 48.9 Å². The Kier molecular flexibility index (Phi) is 6.02. The average molecular weight is 473 g/mol. The van der Waals surface area contributed by atoms with Crippen LogP contribution in [0.5, 0.6) is 11.5 Å². The first-order valence-electron chi connectivity index (χ1n) is 9.37. The van der Waals surface area contributed by atoms with Crippen molar-refractivity contribution in [1.29, 1.82) is 0 Å². The third kappa shape index (κ3) is 4.25. The number of fused-ring (bicyclic) bond motifs is 1. The van der Waals surface area contributed by atoms with E-state index in [9.17, 15) is 14.4 Å². The summed E-state index contributed by atoms with van der Waals surface area (Å²) in [5.41, 5.74) is 1.31. The van der Waals surface area contributed by atoms with E-state index in [1.165, 1.54) is 7.11 Å². The summed E-state index contributed by atoms with van der Waals surface area (Å²) >= 11 is 6.95. The number of esters is 1. The molecule has 2 heterocycles. The van der Waals surface area contributed by atoms with Gasteiger partial charge in [0.1, 0.15) is 5.00 Å². The number of carbonyl (C=O) groups excluding carboxylic acids is 3. The van der Waals surface area contributed by atoms with E-state index in [0.29, 0.717) is 33.3 Å². The number of nitrogens with one attached hydrogen (secondary N) is 2. The van der Waals surface area contributed by atoms with Gasteiger partial charge in [-0.1, -0.05) is 17.7 Å². The van der Waals surface area contributed by atoms with Crippen LogP contribution in [0.15, 0.2) is 42.5 Å². The van der Waals surface area contributed by atoms with E-state index in [1.807, 2.05) is 0 Å². The number of hydrogen-bond acceptors (Lipinski definition) is 7. The first kappa shape index (κ1) is 21.7. The maximum atomic E-state index is 12.9. The third-order valence-corrected chi connectivity index (χ3v) is 6.13. The smallest absolute Gasteiger partial charge is 0.341 e. The number of amides is 2. The molecule has 0 atom stereocenters. The molecule has 2 N–H and O–H groups in total. The Bertz CT molecular complexity index is 1240. The molecule has 0 saturated heterocycles. The Morgan fingerprint density at radius 3 is 2.56 bits per heavy atom. The molecule has 0 unspecified atom stereocenters. The first-order valence-corrected chi connectivity index (χ1v) is 10.6. The molecule has 10 heteroatoms. The van der Waals surface area contributed by atoms with E-state index >= 15 is 0 Å². The molecular weight excluding hydrogens is 456 g/mol. The van der Waals surface area contributed by atoms with Crippen LogP contribution in [0.25, 0.3) is 0 Å². The van der Waals surface area contributed by atoms with Gasteiger partial charge < -0.3 is 24.8 Å². The largest absolute Gasteiger partial charge is 0.465 e. The van der Waals surface area contributed by atoms with E-state index in [0.717, 1.165) is 11.3 Å². The molecule has 2 aromatic carbocycles. The molecule has 0 saturated carbocycles. The minimum absolute atomic E-state index is 0.0854. The Hall–Kier alpha value is -3.56. The summed E-state index contributed by atoms with van der Waals surface area (Å²) in [5, 5.41) is 6.12. The fourth-order valence-electron chi connectivity index (χ4n) is 3.13. The van der Waals surface area contributed by atoms with Crippen molar-refractivity contribution in [2.45, 2.75) is 6.92 Å². The van der Waals surface area contributed by atoms with Crippen LogP contribution in [0.3, 0.4) is 0 Å². The Morgan fingerprint density at radius 2 is 1.81 bits per heavy atom. The monoisotopic (exact) mass is 472 g/mol. The number of hydrogen-bond donors (Lipinski definition) is 2. The average Bonchev–Trinajstić information content (AvgIpc) is 3.36. The molecule has 1 aromatic heterocycles. The molecular formula is C22H17ClN2O6S. The minimum Gasteiger partial charge on any atom is -0.465 e. The quantitative estimate of drug-likeness (QED) is 0.520. The second kappa shape index (κ2) is 8.89. The van der Waals surface area contributed by atoms with Gasteiger partial charge in [0, 0.05) is 16.3 Å². The van der Waals surface area contributed by atoms with Crippen molar-refractivity contribution in [3.63, 3.8) is 0 Å². The molecule has 0 bridgehead atoms. The zero-order chi connectivity index (χ0) is 22.8. The number of methoxy groups -OCH3 is 1. The molecule has 0 radical (unpaired) electrons. The van der Waals surface area contributed by atoms with Gasteiger partial charge in [0.25, 0.3) is 11.8 Å². The van der Waals surface area contributed by atoms with Gasteiger partial charge in [-0.2, -0.15) is 0 Å². The molecule has 2 amide bonds. The molecule has 164 valence electrons. The van der Waals surface area contributed by atoms with Crippen LogP contribution in [-0.4, -0.2) is 31.7 Å². The maximum Gasteiger partial charge on any atom is 0.341 e. The molecule has 1 aliphatic heterocycles. The lowest BCUT2D eigenvalue weighted by Crippen LogP contribution is -2.14. The second-order valence-corrected chi connectivity index (χ2v) is 8.20. The second-order valence-electron chi connectivity index (χ2n) is 6.74. The van der Waals surface area contributed by atoms with Crippen LogP contribution >= 0.6 is 22.9 Å². The van der Waals surface area contributed by atoms with Gasteiger partial charge in [0.05, 0.1) is 17.6 Å². The van der Waals surface area contributed by atoms with Crippen LogP contribution in [0.4, 0.5) is 10.7 Å². The van der Waals surface area contributed by atoms with Crippen LogP contribution in [0, 0.1) is 6.92 Å². The van der Waals surface area contributed by atoms with E-state index in [1.54, 1.807) is 49.4 Å². The number of anilines is 2. The van der Waals surface area contributed by atoms with Gasteiger partial charge in [-0.3, -0.25) is 9.59 Å². The number of halogens is 1. The molecule has 32 heavy (non-hydrogen) atoms. The standard InChI is InChI=1S/C22H17ClN2O6S/c1-11-17(22(28)29-2)21(25-19(26)12-6-7-15-16(8-12)31-10-30-15)32-18(11)20(27)24-14-5-3-4-13(23)9-14/h3-9H,10H2,1-2H3,(H,24,27)(H,25,26). The van der Waals surface area contributed by atoms with Crippen LogP contribution in [-0.2, 0) is 4.74 Å². The Labute approximate surface area is 192 Å². The summed E-state index contributed by atoms with van der Waals surface area (Å²) in [4.78, 5) is 38.4. The fourth-order valence-corrected chi connectivity index (χ4v) is 4.41. The molecule has 8 nitrogen and oxygen atoms in total. The highest BCUT2D eigenvalue weighted by atomic mass is 35.5. The highest BCUT2D eigenvalue weighted by Crippen LogP contribution is 2.36. The van der Waals surface area contributed by atoms with E-state index < -0.39 is 17.8 Å². The van der Waals surface area contributed by atoms with Gasteiger partial charge >= 0.3 is 5.97 Å². The van der Waals surface area contributed by atoms with Crippen molar-refractivity contribution in [3.8, 4) is 11.5 Å². The van der Waals surface area contributed by atoms with Crippen LogP contribution in [0.1, 0.15) is 36.0 Å². The zero-order valence-electron chi connectivity index (χ0n) is 17.0. The highest BCUT2D eigenvalue weighted by molar-refractivity contribution is 7.19. The van der Waals surface area contributed by atoms with Gasteiger partial charge in [-0.15, -0.1) is 11.3 Å². The van der Waals surface area contributed by atoms with Crippen LogP contribution < -0.4 is 20.1 Å². The van der Waals surface area contributed by atoms with Gasteiger partial charge in [0.15, 0.2) is 11.5 Å². The molecule has 0 fully saturated rings. The van der Waals surface area contributed by atoms with Crippen molar-refractivity contribution >= 4 is 51.4 Å². The number of rotatable bonds is 5. The molecule has 0 aliphatic carbocycles. The minimum atomic E-state index is -0.665. The molecule has 4 rings (SSSR count). The first-order chi connectivity index (χ1) is 15.4. The van der Waals surface area contributed by atoms with Crippen molar-refractivity contribution in [2.24, 2.45) is 0 Å². The highest BCUT2D eigenvalue weighted by Gasteiger charge is 2.27. The summed E-state index contributed by atoms with van der Waals surface area (Å²) in [6.45, 7) is 1.70. The van der Waals surface area contributed by atoms with E-state index in [4.69, 9.17) is 25.8 Å². The van der Waals surface area contributed by atoms with Crippen molar-refractivity contribution in [3.05, 3.63) is 69.1 Å². The van der Waals surface area contributed by atoms with Crippen LogP contribution in [0.2, 0.25) is 5.02 Å². The predicted octanol–water partition coefficient (Wildman–Crippen LogP) is 4.73. The number of carbonyl (C=O) groups is 3. The van der Waals surface area contributed by atoms with E-state index in [2.05, 4.69) is 10.6 Å². The lowest BCUT2D eigenvalue weighted by molar-refractivity contribution is 0.0601. The predicted molar refractivity (Wildman–Crippen MR) is 120 cm³/mol. The van der Waals surface area contributed by atoms with Crippen molar-refractivity contribution < 1.29 is 28.6 Å². The SMILES string of the molecule is COC(=O)c1c(NC(=O)c2ccc3c(c2)OCO3)sc(C(=O)Nc2cccc(Cl)c2)c1C. The lowest BCUT2D eigenvalue weighted by atomic mass is 10.1. The molecule has 3 aromatic rings. The maximum absolute atomic E-state index is 12.9. The lowest BCUT2D eigenvalue weighted by Gasteiger charge is -2.07.